The standard InChI is InChI=1S/2C12H24O6.4C2H4O2.Ba/c2*1-2-14-5-6-16-9-10-18-12-11-17-8-7-15-4-3-13-1;4*1-2(3)4;/h2*1-12H2;4*1H3,(H,3,4);/q;;;;;;+2/p-2. The third kappa shape index (κ3) is 100.0. The second-order valence-corrected chi connectivity index (χ2v) is 9.37. The monoisotopic (exact) mass is 904 g/mol. The van der Waals surface area contributed by atoms with E-state index in [-0.39, 0.29) is 48.9 Å². The molecule has 21 heteroatoms. The summed E-state index contributed by atoms with van der Waals surface area (Å²) >= 11 is 0. The zero-order valence-electron chi connectivity index (χ0n) is 31.9. The first-order valence-electron chi connectivity index (χ1n) is 16.6. The van der Waals surface area contributed by atoms with Crippen LogP contribution in [0.2, 0.25) is 0 Å². The van der Waals surface area contributed by atoms with E-state index in [9.17, 15) is 0 Å². The number of carbonyl (C=O) groups excluding carboxylic acids is 2. The number of rotatable bonds is 0. The van der Waals surface area contributed by atoms with E-state index in [0.29, 0.717) is 159 Å². The van der Waals surface area contributed by atoms with Crippen molar-refractivity contribution in [1.82, 2.24) is 0 Å². The molecule has 0 aliphatic carbocycles. The molecule has 2 aliphatic rings. The number of carbonyl (C=O) groups is 4. The Morgan fingerprint density at radius 1 is 0.302 bits per heavy atom. The van der Waals surface area contributed by atoms with Crippen LogP contribution in [-0.2, 0) is 76.0 Å². The van der Waals surface area contributed by atoms with Gasteiger partial charge in [-0.25, -0.2) is 0 Å². The molecule has 20 nitrogen and oxygen atoms in total. The van der Waals surface area contributed by atoms with Gasteiger partial charge in [-0.3, -0.25) is 9.59 Å². The largest absolute Gasteiger partial charge is 2.00 e. The molecule has 0 bridgehead atoms. The van der Waals surface area contributed by atoms with Crippen molar-refractivity contribution in [2.45, 2.75) is 27.7 Å². The Morgan fingerprint density at radius 2 is 0.340 bits per heavy atom. The van der Waals surface area contributed by atoms with Crippen LogP contribution in [0, 0.1) is 0 Å². The minimum Gasteiger partial charge on any atom is -0.550 e. The van der Waals surface area contributed by atoms with E-state index in [1.165, 1.54) is 0 Å². The average Bonchev–Trinajstić information content (AvgIpc) is 3.04. The number of ether oxygens (including phenoxy) is 12. The summed E-state index contributed by atoms with van der Waals surface area (Å²) in [6.45, 7) is 18.2. The van der Waals surface area contributed by atoms with Gasteiger partial charge in [-0.05, 0) is 13.8 Å². The van der Waals surface area contributed by atoms with Crippen molar-refractivity contribution in [3.8, 4) is 0 Å². The fourth-order valence-electron chi connectivity index (χ4n) is 2.64. The molecule has 2 saturated heterocycles. The van der Waals surface area contributed by atoms with Crippen molar-refractivity contribution < 1.29 is 96.4 Å². The summed E-state index contributed by atoms with van der Waals surface area (Å²) in [6, 6.07) is 0. The van der Waals surface area contributed by atoms with E-state index in [1.54, 1.807) is 0 Å². The molecule has 2 N–H and O–H groups in total. The molecule has 0 amide bonds. The van der Waals surface area contributed by atoms with Crippen LogP contribution >= 0.6 is 0 Å². The van der Waals surface area contributed by atoms with E-state index in [2.05, 4.69) is 0 Å². The molecular weight excluding hydrogens is 842 g/mol. The Labute approximate surface area is 353 Å². The molecule has 0 aromatic rings. The molecule has 0 aromatic carbocycles. The smallest absolute Gasteiger partial charge is 0.550 e. The van der Waals surface area contributed by atoms with Crippen LogP contribution in [0.5, 0.6) is 0 Å². The second-order valence-electron chi connectivity index (χ2n) is 9.37. The molecule has 0 radical (unpaired) electrons. The van der Waals surface area contributed by atoms with Gasteiger partial charge in [-0.1, -0.05) is 0 Å². The van der Waals surface area contributed by atoms with Gasteiger partial charge in [0.1, 0.15) is 0 Å². The van der Waals surface area contributed by atoms with Crippen LogP contribution in [0.25, 0.3) is 0 Å². The van der Waals surface area contributed by atoms with Crippen molar-refractivity contribution in [2.24, 2.45) is 0 Å². The Kier molecular flexibility index (Phi) is 66.6. The Balaban J connectivity index is -0.000000204. The van der Waals surface area contributed by atoms with E-state index in [1.807, 2.05) is 0 Å². The van der Waals surface area contributed by atoms with E-state index >= 15 is 0 Å². The molecule has 53 heavy (non-hydrogen) atoms. The zero-order chi connectivity index (χ0) is 39.8. The van der Waals surface area contributed by atoms with Crippen LogP contribution in [0.1, 0.15) is 27.7 Å². The van der Waals surface area contributed by atoms with Gasteiger partial charge in [-0.2, -0.15) is 0 Å². The molecule has 2 aliphatic heterocycles. The molecule has 2 rings (SSSR count). The number of carboxylic acids is 4. The van der Waals surface area contributed by atoms with Crippen LogP contribution < -0.4 is 10.2 Å². The van der Waals surface area contributed by atoms with Gasteiger partial charge in [-0.15, -0.1) is 0 Å². The summed E-state index contributed by atoms with van der Waals surface area (Å²) in [5.41, 5.74) is 0. The van der Waals surface area contributed by atoms with E-state index < -0.39 is 23.9 Å². The van der Waals surface area contributed by atoms with Gasteiger partial charge < -0.3 is 86.9 Å². The van der Waals surface area contributed by atoms with Crippen molar-refractivity contribution in [1.29, 1.82) is 0 Å². The molecule has 0 saturated carbocycles. The summed E-state index contributed by atoms with van der Waals surface area (Å²) in [5.74, 6) is -3.83. The molecule has 0 atom stereocenters. The third-order valence-corrected chi connectivity index (χ3v) is 4.46. The SMILES string of the molecule is C1COCCOCCOCCOCCOCCO1.C1COCCOCCOCCOCCOCCO1.CC(=O)O.CC(=O)O.CC(=O)[O-].CC(=O)[O-].[Ba+2]. The average molecular weight is 904 g/mol. The van der Waals surface area contributed by atoms with Crippen LogP contribution in [0.3, 0.4) is 0 Å². The van der Waals surface area contributed by atoms with Crippen molar-refractivity contribution in [3.05, 3.63) is 0 Å². The fourth-order valence-corrected chi connectivity index (χ4v) is 2.64. The number of hydrogen-bond acceptors (Lipinski definition) is 18. The van der Waals surface area contributed by atoms with Crippen LogP contribution in [0.15, 0.2) is 0 Å². The topological polar surface area (TPSA) is 266 Å². The first-order valence-corrected chi connectivity index (χ1v) is 16.6. The number of hydrogen-bond donors (Lipinski definition) is 2. The van der Waals surface area contributed by atoms with Crippen LogP contribution in [0.4, 0.5) is 0 Å². The van der Waals surface area contributed by atoms with Gasteiger partial charge in [0.15, 0.2) is 0 Å². The summed E-state index contributed by atoms with van der Waals surface area (Å²) in [4.78, 5) is 35.8. The first-order chi connectivity index (χ1) is 24.9. The van der Waals surface area contributed by atoms with Crippen molar-refractivity contribution in [3.63, 3.8) is 0 Å². The Hall–Kier alpha value is -1.03. The maximum Gasteiger partial charge on any atom is 2.00 e. The molecule has 0 aromatic heterocycles. The third-order valence-electron chi connectivity index (χ3n) is 4.46. The number of carboxylic acid groups (broad SMARTS) is 4. The molecule has 0 unspecified atom stereocenters. The Bertz CT molecular complexity index is 500. The van der Waals surface area contributed by atoms with Gasteiger partial charge in [0.25, 0.3) is 11.9 Å². The fraction of sp³-hybridized carbons (Fsp3) is 0.875. The van der Waals surface area contributed by atoms with Gasteiger partial charge in [0.05, 0.1) is 159 Å². The maximum atomic E-state index is 9.00. The van der Waals surface area contributed by atoms with E-state index in [4.69, 9.17) is 96.4 Å². The second kappa shape index (κ2) is 57.7. The molecular formula is C32H62BaO20. The van der Waals surface area contributed by atoms with E-state index in [0.717, 1.165) is 27.7 Å². The van der Waals surface area contributed by atoms with Gasteiger partial charge >= 0.3 is 48.9 Å². The minimum atomic E-state index is -1.08. The van der Waals surface area contributed by atoms with Crippen molar-refractivity contribution in [2.75, 3.05) is 159 Å². The molecule has 2 fully saturated rings. The van der Waals surface area contributed by atoms with Crippen molar-refractivity contribution >= 4 is 72.8 Å². The molecule has 0 spiro atoms. The molecule has 2 heterocycles. The quantitative estimate of drug-likeness (QED) is 0.238. The molecule has 312 valence electrons. The minimum absolute atomic E-state index is 0. The van der Waals surface area contributed by atoms with Gasteiger partial charge in [0, 0.05) is 25.8 Å². The van der Waals surface area contributed by atoms with Crippen LogP contribution in [-0.4, -0.2) is 242 Å². The summed E-state index contributed by atoms with van der Waals surface area (Å²) in [5, 5.41) is 32.6. The normalized spacial score (nSPS) is 18.2. The summed E-state index contributed by atoms with van der Waals surface area (Å²) < 4.78 is 63.9. The summed E-state index contributed by atoms with van der Waals surface area (Å²) in [6.07, 6.45) is 0. The maximum absolute atomic E-state index is 9.00. The predicted octanol–water partition coefficient (Wildman–Crippen LogP) is -2.49. The predicted molar refractivity (Wildman–Crippen MR) is 184 cm³/mol. The number of aliphatic carboxylic acids is 4. The summed E-state index contributed by atoms with van der Waals surface area (Å²) in [7, 11) is 0. The Morgan fingerprint density at radius 3 is 0.377 bits per heavy atom. The first kappa shape index (κ1) is 61.2. The van der Waals surface area contributed by atoms with Gasteiger partial charge in [0.2, 0.25) is 0 Å². The zero-order valence-corrected chi connectivity index (χ0v) is 36.4.